The quantitative estimate of drug-likeness (QED) is 0.691. The molecule has 0 aromatic heterocycles. The van der Waals surface area contributed by atoms with E-state index in [0.717, 1.165) is 22.9 Å². The van der Waals surface area contributed by atoms with Gasteiger partial charge in [-0.3, -0.25) is 9.10 Å². The van der Waals surface area contributed by atoms with Crippen molar-refractivity contribution >= 4 is 21.6 Å². The van der Waals surface area contributed by atoms with E-state index < -0.39 is 28.3 Å². The number of ether oxygens (including phenoxy) is 1. The highest BCUT2D eigenvalue weighted by Crippen LogP contribution is 2.32. The average Bonchev–Trinajstić information content (AvgIpc) is 2.66. The predicted molar refractivity (Wildman–Crippen MR) is 106 cm³/mol. The normalized spacial score (nSPS) is 11.3. The van der Waals surface area contributed by atoms with Crippen LogP contribution in [-0.2, 0) is 14.8 Å². The Kier molecular flexibility index (Phi) is 7.39. The van der Waals surface area contributed by atoms with E-state index in [9.17, 15) is 17.6 Å². The van der Waals surface area contributed by atoms with E-state index in [1.807, 2.05) is 13.8 Å². The molecule has 0 fully saturated rings. The summed E-state index contributed by atoms with van der Waals surface area (Å²) in [5.74, 6) is -0.261. The Bertz CT molecular complexity index is 899. The van der Waals surface area contributed by atoms with Gasteiger partial charge in [-0.25, -0.2) is 12.8 Å². The van der Waals surface area contributed by atoms with E-state index in [1.165, 1.54) is 19.2 Å². The van der Waals surface area contributed by atoms with Crippen LogP contribution in [0, 0.1) is 11.7 Å². The highest BCUT2D eigenvalue weighted by atomic mass is 32.2. The zero-order valence-electron chi connectivity index (χ0n) is 16.2. The number of hydrogen-bond donors (Lipinski definition) is 1. The van der Waals surface area contributed by atoms with Crippen LogP contribution in [0.3, 0.4) is 0 Å². The fourth-order valence-electron chi connectivity index (χ4n) is 2.56. The van der Waals surface area contributed by atoms with Gasteiger partial charge in [0.05, 0.1) is 17.7 Å². The molecule has 152 valence electrons. The topological polar surface area (TPSA) is 75.7 Å². The van der Waals surface area contributed by atoms with E-state index in [4.69, 9.17) is 4.74 Å². The van der Waals surface area contributed by atoms with Crippen molar-refractivity contribution in [2.75, 3.05) is 24.5 Å². The Morgan fingerprint density at radius 3 is 2.39 bits per heavy atom. The number of para-hydroxylation sites is 2. The summed E-state index contributed by atoms with van der Waals surface area (Å²) in [6.07, 6.45) is 0.783. The number of amides is 1. The van der Waals surface area contributed by atoms with Crippen LogP contribution in [0.15, 0.2) is 53.4 Å². The molecular weight excluding hydrogens is 383 g/mol. The third kappa shape index (κ3) is 5.45. The van der Waals surface area contributed by atoms with Gasteiger partial charge in [-0.2, -0.15) is 0 Å². The molecule has 6 nitrogen and oxygen atoms in total. The number of anilines is 1. The molecule has 0 atom stereocenters. The SMILES string of the molecule is COc1ccccc1N(CC(=O)NCCC(C)C)S(=O)(=O)c1ccc(F)cc1. The van der Waals surface area contributed by atoms with Gasteiger partial charge in [0.2, 0.25) is 5.91 Å². The number of nitrogens with zero attached hydrogens (tertiary/aromatic N) is 1. The molecule has 1 N–H and O–H groups in total. The molecule has 0 aliphatic heterocycles. The number of halogens is 1. The Hall–Kier alpha value is -2.61. The third-order valence-electron chi connectivity index (χ3n) is 4.09. The maximum absolute atomic E-state index is 13.2. The lowest BCUT2D eigenvalue weighted by Gasteiger charge is -2.25. The minimum absolute atomic E-state index is 0.116. The van der Waals surface area contributed by atoms with E-state index in [1.54, 1.807) is 24.3 Å². The highest BCUT2D eigenvalue weighted by Gasteiger charge is 2.29. The van der Waals surface area contributed by atoms with Crippen LogP contribution in [-0.4, -0.2) is 34.5 Å². The molecule has 0 bridgehead atoms. The predicted octanol–water partition coefficient (Wildman–Crippen LogP) is 3.19. The number of benzene rings is 2. The van der Waals surface area contributed by atoms with E-state index in [2.05, 4.69) is 5.32 Å². The molecule has 2 aromatic carbocycles. The van der Waals surface area contributed by atoms with Crippen LogP contribution in [0.1, 0.15) is 20.3 Å². The van der Waals surface area contributed by atoms with Gasteiger partial charge in [0.15, 0.2) is 0 Å². The first kappa shape index (κ1) is 21.7. The van der Waals surface area contributed by atoms with Crippen LogP contribution in [0.5, 0.6) is 5.75 Å². The number of nitrogens with one attached hydrogen (secondary N) is 1. The van der Waals surface area contributed by atoms with Gasteiger partial charge in [-0.1, -0.05) is 26.0 Å². The van der Waals surface area contributed by atoms with Crippen LogP contribution in [0.25, 0.3) is 0 Å². The molecule has 28 heavy (non-hydrogen) atoms. The lowest BCUT2D eigenvalue weighted by atomic mass is 10.1. The smallest absolute Gasteiger partial charge is 0.264 e. The van der Waals surface area contributed by atoms with Gasteiger partial charge in [0.1, 0.15) is 18.1 Å². The molecular formula is C20H25FN2O4S. The molecule has 1 amide bonds. The molecule has 0 heterocycles. The summed E-state index contributed by atoms with van der Waals surface area (Å²) < 4.78 is 45.9. The van der Waals surface area contributed by atoms with E-state index >= 15 is 0 Å². The molecule has 2 rings (SSSR count). The first-order valence-electron chi connectivity index (χ1n) is 8.93. The average molecular weight is 408 g/mol. The second-order valence-corrected chi connectivity index (χ2v) is 8.53. The zero-order chi connectivity index (χ0) is 20.7. The number of rotatable bonds is 9. The number of sulfonamides is 1. The van der Waals surface area contributed by atoms with Crippen molar-refractivity contribution in [1.82, 2.24) is 5.32 Å². The van der Waals surface area contributed by atoms with Gasteiger partial charge in [0.25, 0.3) is 10.0 Å². The Labute approximate surface area is 165 Å². The number of methoxy groups -OCH3 is 1. The van der Waals surface area contributed by atoms with Gasteiger partial charge in [0, 0.05) is 6.54 Å². The zero-order valence-corrected chi connectivity index (χ0v) is 17.0. The van der Waals surface area contributed by atoms with Crippen molar-refractivity contribution in [1.29, 1.82) is 0 Å². The number of carbonyl (C=O) groups excluding carboxylic acids is 1. The summed E-state index contributed by atoms with van der Waals surface area (Å²) in [6.45, 7) is 4.10. The van der Waals surface area contributed by atoms with Crippen LogP contribution >= 0.6 is 0 Å². The van der Waals surface area contributed by atoms with Crippen LogP contribution in [0.4, 0.5) is 10.1 Å². The summed E-state index contributed by atoms with van der Waals surface area (Å²) >= 11 is 0. The monoisotopic (exact) mass is 408 g/mol. The van der Waals surface area contributed by atoms with Gasteiger partial charge in [-0.05, 0) is 48.7 Å². The van der Waals surface area contributed by atoms with Crippen LogP contribution < -0.4 is 14.4 Å². The molecule has 0 radical (unpaired) electrons. The summed E-state index contributed by atoms with van der Waals surface area (Å²) in [5.41, 5.74) is 0.230. The maximum Gasteiger partial charge on any atom is 0.264 e. The standard InChI is InChI=1S/C20H25FN2O4S/c1-15(2)12-13-22-20(24)14-23(18-6-4-5-7-19(18)27-3)28(25,26)17-10-8-16(21)9-11-17/h4-11,15H,12-14H2,1-3H3,(H,22,24). The molecule has 8 heteroatoms. The van der Waals surface area contributed by atoms with Gasteiger partial charge >= 0.3 is 0 Å². The van der Waals surface area contributed by atoms with Crippen LogP contribution in [0.2, 0.25) is 0 Å². The fourth-order valence-corrected chi connectivity index (χ4v) is 3.99. The first-order chi connectivity index (χ1) is 13.3. The van der Waals surface area contributed by atoms with Crippen molar-refractivity contribution in [3.8, 4) is 5.75 Å². The largest absolute Gasteiger partial charge is 0.495 e. The van der Waals surface area contributed by atoms with E-state index in [-0.39, 0.29) is 10.6 Å². The maximum atomic E-state index is 13.2. The molecule has 0 aliphatic rings. The van der Waals surface area contributed by atoms with E-state index in [0.29, 0.717) is 18.2 Å². The van der Waals surface area contributed by atoms with Crippen molar-refractivity contribution in [2.24, 2.45) is 5.92 Å². The van der Waals surface area contributed by atoms with Crippen molar-refractivity contribution < 1.29 is 22.3 Å². The summed E-state index contributed by atoms with van der Waals surface area (Å²) in [5, 5.41) is 2.74. The molecule has 0 unspecified atom stereocenters. The van der Waals surface area contributed by atoms with Crippen molar-refractivity contribution in [3.63, 3.8) is 0 Å². The molecule has 0 aliphatic carbocycles. The number of carbonyl (C=O) groups is 1. The lowest BCUT2D eigenvalue weighted by Crippen LogP contribution is -2.41. The Morgan fingerprint density at radius 2 is 1.79 bits per heavy atom. The summed E-state index contributed by atoms with van der Waals surface area (Å²) in [6, 6.07) is 11.0. The van der Waals surface area contributed by atoms with Gasteiger partial charge < -0.3 is 10.1 Å². The second kappa shape index (κ2) is 9.54. The molecule has 0 saturated carbocycles. The Balaban J connectivity index is 2.38. The molecule has 2 aromatic rings. The summed E-state index contributed by atoms with van der Waals surface area (Å²) in [4.78, 5) is 12.3. The minimum Gasteiger partial charge on any atom is -0.495 e. The minimum atomic E-state index is -4.11. The van der Waals surface area contributed by atoms with Crippen molar-refractivity contribution in [3.05, 3.63) is 54.3 Å². The molecule has 0 spiro atoms. The lowest BCUT2D eigenvalue weighted by molar-refractivity contribution is -0.119. The highest BCUT2D eigenvalue weighted by molar-refractivity contribution is 7.92. The Morgan fingerprint density at radius 1 is 1.14 bits per heavy atom. The second-order valence-electron chi connectivity index (χ2n) is 6.67. The number of hydrogen-bond acceptors (Lipinski definition) is 4. The molecule has 0 saturated heterocycles. The van der Waals surface area contributed by atoms with Gasteiger partial charge in [-0.15, -0.1) is 0 Å². The third-order valence-corrected chi connectivity index (χ3v) is 5.86. The van der Waals surface area contributed by atoms with Crippen molar-refractivity contribution in [2.45, 2.75) is 25.2 Å². The fraction of sp³-hybridized carbons (Fsp3) is 0.350. The summed E-state index contributed by atoms with van der Waals surface area (Å²) in [7, 11) is -2.69. The first-order valence-corrected chi connectivity index (χ1v) is 10.4.